The van der Waals surface area contributed by atoms with Crippen LogP contribution in [0.3, 0.4) is 0 Å². The van der Waals surface area contributed by atoms with E-state index in [0.29, 0.717) is 0 Å². The molecule has 68 valence electrons. The quantitative estimate of drug-likeness (QED) is 0.0549. The molecule has 9 heteroatoms. The number of nitrogens with one attached hydrogen (secondary N) is 3. The second kappa shape index (κ2) is 4.10. The predicted octanol–water partition coefficient (Wildman–Crippen LogP) is -3.92. The number of nitrogens with zero attached hydrogens (tertiary/aromatic N) is 1. The highest BCUT2D eigenvalue weighted by Crippen LogP contribution is 1.69. The first kappa shape index (κ1) is 10.1. The fourth-order valence-electron chi connectivity index (χ4n) is 0.295. The Kier molecular flexibility index (Phi) is 3.46. The molecule has 0 aromatic heterocycles. The number of guanidine groups is 1. The van der Waals surface area contributed by atoms with Crippen molar-refractivity contribution in [3.63, 3.8) is 0 Å². The van der Waals surface area contributed by atoms with Gasteiger partial charge in [0.2, 0.25) is 5.96 Å². The van der Waals surface area contributed by atoms with Gasteiger partial charge in [0.15, 0.2) is 0 Å². The molecule has 0 spiro atoms. The number of nitrogens with two attached hydrogens (primary N) is 3. The lowest BCUT2D eigenvalue weighted by molar-refractivity contribution is -0.146. The summed E-state index contributed by atoms with van der Waals surface area (Å²) in [6.07, 6.45) is 0. The minimum Gasteiger partial charge on any atom is -0.369 e. The van der Waals surface area contributed by atoms with E-state index >= 15 is 0 Å². The van der Waals surface area contributed by atoms with Crippen LogP contribution in [0.15, 0.2) is 0 Å². The SMILES string of the molecule is N=C(N)NNC(=O)C(=O)N(N)N. The molecule has 0 unspecified atom stereocenters. The average Bonchev–Trinajstić information content (AvgIpc) is 1.98. The molecule has 0 atom stereocenters. The third kappa shape index (κ3) is 3.34. The van der Waals surface area contributed by atoms with Crippen LogP contribution >= 0.6 is 0 Å². The van der Waals surface area contributed by atoms with Gasteiger partial charge in [-0.3, -0.25) is 25.8 Å². The Morgan fingerprint density at radius 2 is 1.75 bits per heavy atom. The summed E-state index contributed by atoms with van der Waals surface area (Å²) in [5.41, 5.74) is 8.44. The normalized spacial score (nSPS) is 8.50. The van der Waals surface area contributed by atoms with E-state index in [9.17, 15) is 9.59 Å². The molecule has 0 saturated heterocycles. The van der Waals surface area contributed by atoms with E-state index in [2.05, 4.69) is 0 Å². The van der Waals surface area contributed by atoms with E-state index in [1.807, 2.05) is 5.43 Å². The monoisotopic (exact) mass is 175 g/mol. The predicted molar refractivity (Wildman–Crippen MR) is 38.4 cm³/mol. The van der Waals surface area contributed by atoms with Crippen LogP contribution in [0.4, 0.5) is 0 Å². The molecule has 0 aromatic rings. The second-order valence-electron chi connectivity index (χ2n) is 1.71. The van der Waals surface area contributed by atoms with E-state index in [4.69, 9.17) is 22.8 Å². The van der Waals surface area contributed by atoms with E-state index in [-0.39, 0.29) is 5.12 Å². The smallest absolute Gasteiger partial charge is 0.342 e. The van der Waals surface area contributed by atoms with Gasteiger partial charge in [0.1, 0.15) is 0 Å². The number of hydrogen-bond acceptors (Lipinski definition) is 5. The van der Waals surface area contributed by atoms with Crippen molar-refractivity contribution >= 4 is 17.8 Å². The van der Waals surface area contributed by atoms with Crippen molar-refractivity contribution in [1.29, 1.82) is 5.41 Å². The summed E-state index contributed by atoms with van der Waals surface area (Å²) in [5.74, 6) is 6.67. The van der Waals surface area contributed by atoms with Gasteiger partial charge in [0.25, 0.3) is 0 Å². The second-order valence-corrected chi connectivity index (χ2v) is 1.71. The zero-order chi connectivity index (χ0) is 9.72. The molecule has 0 saturated carbocycles. The van der Waals surface area contributed by atoms with Gasteiger partial charge < -0.3 is 5.73 Å². The van der Waals surface area contributed by atoms with Gasteiger partial charge in [-0.05, 0) is 0 Å². The van der Waals surface area contributed by atoms with Gasteiger partial charge in [0, 0.05) is 0 Å². The van der Waals surface area contributed by atoms with Gasteiger partial charge in [-0.25, -0.2) is 16.8 Å². The van der Waals surface area contributed by atoms with Crippen molar-refractivity contribution in [2.75, 3.05) is 0 Å². The molecule has 0 rings (SSSR count). The number of carbonyl (C=O) groups excluding carboxylic acids is 2. The maximum Gasteiger partial charge on any atom is 0.342 e. The highest BCUT2D eigenvalue weighted by Gasteiger charge is 2.16. The molecule has 0 aliphatic heterocycles. The Labute approximate surface area is 67.3 Å². The molecule has 0 radical (unpaired) electrons. The molecule has 0 heterocycles. The van der Waals surface area contributed by atoms with Crippen LogP contribution in [0, 0.1) is 5.41 Å². The maximum atomic E-state index is 10.6. The molecule has 0 aromatic carbocycles. The number of amides is 2. The maximum absolute atomic E-state index is 10.6. The lowest BCUT2D eigenvalue weighted by Crippen LogP contribution is -2.55. The Hall–Kier alpha value is -1.87. The van der Waals surface area contributed by atoms with Gasteiger partial charge in [-0.1, -0.05) is 0 Å². The summed E-state index contributed by atoms with van der Waals surface area (Å²) in [7, 11) is 0. The number of carbonyl (C=O) groups is 2. The lowest BCUT2D eigenvalue weighted by Gasteiger charge is -2.09. The molecule has 0 aliphatic carbocycles. The van der Waals surface area contributed by atoms with Crippen LogP contribution < -0.4 is 28.3 Å². The summed E-state index contributed by atoms with van der Waals surface area (Å²) in [5, 5.41) is 6.71. The van der Waals surface area contributed by atoms with E-state index in [1.165, 1.54) is 0 Å². The topological polar surface area (TPSA) is 163 Å². The van der Waals surface area contributed by atoms with Gasteiger partial charge in [-0.2, -0.15) is 0 Å². The fraction of sp³-hybridized carbons (Fsp3) is 0. The van der Waals surface area contributed by atoms with Crippen molar-refractivity contribution in [2.24, 2.45) is 17.4 Å². The van der Waals surface area contributed by atoms with Gasteiger partial charge in [-0.15, -0.1) is 0 Å². The van der Waals surface area contributed by atoms with Gasteiger partial charge >= 0.3 is 11.8 Å². The lowest BCUT2D eigenvalue weighted by atomic mass is 10.6. The van der Waals surface area contributed by atoms with Crippen molar-refractivity contribution in [3.8, 4) is 0 Å². The van der Waals surface area contributed by atoms with Crippen LogP contribution in [0.5, 0.6) is 0 Å². The van der Waals surface area contributed by atoms with E-state index in [1.54, 1.807) is 5.43 Å². The summed E-state index contributed by atoms with van der Waals surface area (Å²) in [6.45, 7) is 0. The van der Waals surface area contributed by atoms with Crippen LogP contribution in [0.2, 0.25) is 0 Å². The summed E-state index contributed by atoms with van der Waals surface area (Å²) in [4.78, 5) is 21.2. The zero-order valence-electron chi connectivity index (χ0n) is 6.00. The third-order valence-electron chi connectivity index (χ3n) is 0.739. The first-order chi connectivity index (χ1) is 5.45. The summed E-state index contributed by atoms with van der Waals surface area (Å²) in [6, 6.07) is 0. The van der Waals surface area contributed by atoms with Crippen LogP contribution in [-0.2, 0) is 9.59 Å². The molecular formula is C3H9N7O2. The van der Waals surface area contributed by atoms with Crippen molar-refractivity contribution in [2.45, 2.75) is 0 Å². The third-order valence-corrected chi connectivity index (χ3v) is 0.739. The van der Waals surface area contributed by atoms with E-state index in [0.717, 1.165) is 0 Å². The number of hydrazine groups is 3. The highest BCUT2D eigenvalue weighted by molar-refractivity contribution is 6.34. The first-order valence-electron chi connectivity index (χ1n) is 2.69. The average molecular weight is 175 g/mol. The molecule has 12 heavy (non-hydrogen) atoms. The Bertz CT molecular complexity index is 211. The standard InChI is InChI=1S/C3H9N7O2/c4-3(5)9-8-1(11)2(12)10(6)7/h6-7H2,(H,8,11)(H4,4,5,9). The number of rotatable bonds is 0. The van der Waals surface area contributed by atoms with Crippen LogP contribution in [0.25, 0.3) is 0 Å². The first-order valence-corrected chi connectivity index (χ1v) is 2.69. The van der Waals surface area contributed by atoms with Gasteiger partial charge in [0.05, 0.1) is 0 Å². The molecule has 9 nitrogen and oxygen atoms in total. The molecule has 0 fully saturated rings. The molecule has 0 bridgehead atoms. The molecule has 0 aliphatic rings. The van der Waals surface area contributed by atoms with Crippen molar-refractivity contribution in [1.82, 2.24) is 16.0 Å². The zero-order valence-corrected chi connectivity index (χ0v) is 6.00. The molecular weight excluding hydrogens is 166 g/mol. The van der Waals surface area contributed by atoms with Crippen LogP contribution in [-0.4, -0.2) is 22.9 Å². The minimum absolute atomic E-state index is 0.108. The van der Waals surface area contributed by atoms with E-state index < -0.39 is 17.8 Å². The fourth-order valence-corrected chi connectivity index (χ4v) is 0.295. The Morgan fingerprint density at radius 1 is 1.25 bits per heavy atom. The Morgan fingerprint density at radius 3 is 2.08 bits per heavy atom. The molecule has 9 N–H and O–H groups in total. The van der Waals surface area contributed by atoms with Crippen molar-refractivity contribution in [3.05, 3.63) is 0 Å². The van der Waals surface area contributed by atoms with Crippen molar-refractivity contribution < 1.29 is 9.59 Å². The molecule has 2 amide bonds. The Balaban J connectivity index is 3.89. The highest BCUT2D eigenvalue weighted by atomic mass is 16.2. The summed E-state index contributed by atoms with van der Waals surface area (Å²) < 4.78 is 0. The number of hydrogen-bond donors (Lipinski definition) is 6. The summed E-state index contributed by atoms with van der Waals surface area (Å²) >= 11 is 0. The van der Waals surface area contributed by atoms with Crippen LogP contribution in [0.1, 0.15) is 0 Å². The largest absolute Gasteiger partial charge is 0.369 e. The minimum atomic E-state index is -1.16.